The van der Waals surface area contributed by atoms with Gasteiger partial charge >= 0.3 is 16.5 Å². The molecule has 5 nitrogen and oxygen atoms in total. The van der Waals surface area contributed by atoms with Crippen LogP contribution < -0.4 is 10.9 Å². The maximum atomic E-state index is 12.5. The van der Waals surface area contributed by atoms with Crippen LogP contribution in [0.5, 0.6) is 0 Å². The molecule has 18 heavy (non-hydrogen) atoms. The van der Waals surface area contributed by atoms with E-state index >= 15 is 0 Å². The fourth-order valence-corrected chi connectivity index (χ4v) is 1.66. The van der Waals surface area contributed by atoms with Crippen molar-refractivity contribution in [2.75, 3.05) is 12.3 Å². The molecule has 1 rings (SSSR count). The van der Waals surface area contributed by atoms with Crippen LogP contribution in [0.1, 0.15) is 11.1 Å². The monoisotopic (exact) mass is 284 g/mol. The number of anilines is 1. The van der Waals surface area contributed by atoms with Crippen molar-refractivity contribution in [3.8, 4) is 0 Å². The van der Waals surface area contributed by atoms with Gasteiger partial charge in [0.2, 0.25) is 0 Å². The van der Waals surface area contributed by atoms with Gasteiger partial charge in [0, 0.05) is 5.69 Å². The highest BCUT2D eigenvalue weighted by Gasteiger charge is 2.33. The summed E-state index contributed by atoms with van der Waals surface area (Å²) >= 11 is 0. The standard InChI is InChI=1S/C9H11F3N2O3S/c10-9(11,12)7-3-1-2-6(8(7)13)4-5-17-18(14,15)16/h1-3H,4-5,13H2,(H2,14,15,16). The molecular formula is C9H11F3N2O3S. The first-order chi connectivity index (χ1) is 8.11. The second-order valence-electron chi connectivity index (χ2n) is 3.44. The van der Waals surface area contributed by atoms with E-state index < -0.39 is 27.7 Å². The fourth-order valence-electron chi connectivity index (χ4n) is 1.35. The molecule has 1 aromatic carbocycles. The molecular weight excluding hydrogens is 273 g/mol. The third kappa shape index (κ3) is 4.17. The van der Waals surface area contributed by atoms with Gasteiger partial charge in [-0.1, -0.05) is 12.1 Å². The lowest BCUT2D eigenvalue weighted by Gasteiger charge is -2.13. The first-order valence-electron chi connectivity index (χ1n) is 4.73. The molecule has 0 fully saturated rings. The number of para-hydroxylation sites is 1. The topological polar surface area (TPSA) is 95.4 Å². The first kappa shape index (κ1) is 14.7. The highest BCUT2D eigenvalue weighted by atomic mass is 32.2. The van der Waals surface area contributed by atoms with Gasteiger partial charge in [0.1, 0.15) is 0 Å². The summed E-state index contributed by atoms with van der Waals surface area (Å²) in [4.78, 5) is 0. The minimum Gasteiger partial charge on any atom is -0.398 e. The number of alkyl halides is 3. The summed E-state index contributed by atoms with van der Waals surface area (Å²) in [5.41, 5.74) is 4.11. The maximum absolute atomic E-state index is 12.5. The second-order valence-corrected chi connectivity index (χ2v) is 4.66. The quantitative estimate of drug-likeness (QED) is 0.808. The van der Waals surface area contributed by atoms with Gasteiger partial charge in [0.15, 0.2) is 0 Å². The zero-order valence-electron chi connectivity index (χ0n) is 9.07. The van der Waals surface area contributed by atoms with Crippen LogP contribution in [0.3, 0.4) is 0 Å². The number of benzene rings is 1. The van der Waals surface area contributed by atoms with Gasteiger partial charge in [0.25, 0.3) is 0 Å². The first-order valence-corrected chi connectivity index (χ1v) is 6.20. The Balaban J connectivity index is 2.85. The van der Waals surface area contributed by atoms with Crippen LogP contribution in [-0.2, 0) is 27.1 Å². The van der Waals surface area contributed by atoms with Crippen LogP contribution in [0.25, 0.3) is 0 Å². The molecule has 0 radical (unpaired) electrons. The summed E-state index contributed by atoms with van der Waals surface area (Å²) < 4.78 is 62.7. The number of hydrogen-bond donors (Lipinski definition) is 2. The molecule has 102 valence electrons. The highest BCUT2D eigenvalue weighted by Crippen LogP contribution is 2.34. The minimum absolute atomic E-state index is 0.0911. The molecule has 1 aromatic rings. The van der Waals surface area contributed by atoms with E-state index in [1.165, 1.54) is 12.1 Å². The molecule has 0 spiro atoms. The average molecular weight is 284 g/mol. The Morgan fingerprint density at radius 3 is 2.39 bits per heavy atom. The van der Waals surface area contributed by atoms with E-state index in [-0.39, 0.29) is 18.6 Å². The number of hydrogen-bond acceptors (Lipinski definition) is 4. The van der Waals surface area contributed by atoms with E-state index in [2.05, 4.69) is 9.32 Å². The molecule has 0 heterocycles. The van der Waals surface area contributed by atoms with Crippen molar-refractivity contribution in [3.63, 3.8) is 0 Å². The van der Waals surface area contributed by atoms with Gasteiger partial charge in [-0.25, -0.2) is 5.14 Å². The van der Waals surface area contributed by atoms with Crippen LogP contribution >= 0.6 is 0 Å². The third-order valence-electron chi connectivity index (χ3n) is 2.12. The molecule has 0 saturated carbocycles. The number of halogens is 3. The lowest BCUT2D eigenvalue weighted by Crippen LogP contribution is -2.18. The van der Waals surface area contributed by atoms with Crippen LogP contribution in [0.2, 0.25) is 0 Å². The van der Waals surface area contributed by atoms with Crippen molar-refractivity contribution in [2.45, 2.75) is 12.6 Å². The zero-order chi connectivity index (χ0) is 14.0. The minimum atomic E-state index is -4.55. The molecule has 0 saturated heterocycles. The van der Waals surface area contributed by atoms with Crippen molar-refractivity contribution in [2.24, 2.45) is 5.14 Å². The molecule has 9 heteroatoms. The molecule has 0 bridgehead atoms. The highest BCUT2D eigenvalue weighted by molar-refractivity contribution is 7.84. The Morgan fingerprint density at radius 2 is 1.89 bits per heavy atom. The molecule has 0 aliphatic heterocycles. The molecule has 0 aliphatic carbocycles. The van der Waals surface area contributed by atoms with Gasteiger partial charge in [-0.3, -0.25) is 4.18 Å². The Kier molecular flexibility index (Phi) is 4.20. The lowest BCUT2D eigenvalue weighted by molar-refractivity contribution is -0.136. The summed E-state index contributed by atoms with van der Waals surface area (Å²) in [5, 5.41) is 4.58. The lowest BCUT2D eigenvalue weighted by atomic mass is 10.0. The molecule has 0 atom stereocenters. The Bertz CT molecular complexity index is 528. The average Bonchev–Trinajstić information content (AvgIpc) is 2.17. The Labute approximate surface area is 102 Å². The molecule has 0 unspecified atom stereocenters. The van der Waals surface area contributed by atoms with Crippen LogP contribution in [0.15, 0.2) is 18.2 Å². The number of rotatable bonds is 4. The summed E-state index contributed by atoms with van der Waals surface area (Å²) in [5.74, 6) is 0. The van der Waals surface area contributed by atoms with Gasteiger partial charge in [-0.05, 0) is 18.1 Å². The van der Waals surface area contributed by atoms with Gasteiger partial charge in [-0.15, -0.1) is 0 Å². The largest absolute Gasteiger partial charge is 0.418 e. The SMILES string of the molecule is Nc1c(CCOS(N)(=O)=O)cccc1C(F)(F)F. The smallest absolute Gasteiger partial charge is 0.398 e. The Morgan fingerprint density at radius 1 is 1.28 bits per heavy atom. The van der Waals surface area contributed by atoms with Crippen LogP contribution in [0.4, 0.5) is 18.9 Å². The number of nitrogen functional groups attached to an aromatic ring is 1. The van der Waals surface area contributed by atoms with E-state index in [4.69, 9.17) is 5.73 Å². The maximum Gasteiger partial charge on any atom is 0.418 e. The zero-order valence-corrected chi connectivity index (χ0v) is 9.88. The summed E-state index contributed by atoms with van der Waals surface area (Å²) in [6.07, 6.45) is -4.65. The van der Waals surface area contributed by atoms with E-state index in [9.17, 15) is 21.6 Å². The van der Waals surface area contributed by atoms with E-state index in [0.29, 0.717) is 0 Å². The normalized spacial score (nSPS) is 12.7. The van der Waals surface area contributed by atoms with Crippen molar-refractivity contribution in [3.05, 3.63) is 29.3 Å². The number of nitrogens with two attached hydrogens (primary N) is 2. The van der Waals surface area contributed by atoms with Gasteiger partial charge < -0.3 is 5.73 Å². The summed E-state index contributed by atoms with van der Waals surface area (Å²) in [6, 6.07) is 3.39. The summed E-state index contributed by atoms with van der Waals surface area (Å²) in [7, 11) is -4.11. The summed E-state index contributed by atoms with van der Waals surface area (Å²) in [6.45, 7) is -0.371. The van der Waals surface area contributed by atoms with Crippen LogP contribution in [-0.4, -0.2) is 15.0 Å². The third-order valence-corrected chi connectivity index (χ3v) is 2.62. The van der Waals surface area contributed by atoms with Gasteiger partial charge in [0.05, 0.1) is 12.2 Å². The van der Waals surface area contributed by atoms with Crippen molar-refractivity contribution < 1.29 is 25.8 Å². The van der Waals surface area contributed by atoms with Gasteiger partial charge in [-0.2, -0.15) is 21.6 Å². The van der Waals surface area contributed by atoms with E-state index in [0.717, 1.165) is 6.07 Å². The molecule has 0 amide bonds. The fraction of sp³-hybridized carbons (Fsp3) is 0.333. The predicted octanol–water partition coefficient (Wildman–Crippen LogP) is 1.05. The van der Waals surface area contributed by atoms with Crippen molar-refractivity contribution in [1.82, 2.24) is 0 Å². The molecule has 0 aromatic heterocycles. The Hall–Kier alpha value is -1.32. The van der Waals surface area contributed by atoms with E-state index in [1.807, 2.05) is 0 Å². The molecule has 0 aliphatic rings. The second kappa shape index (κ2) is 5.12. The predicted molar refractivity (Wildman–Crippen MR) is 58.6 cm³/mol. The van der Waals surface area contributed by atoms with Crippen LogP contribution in [0, 0.1) is 0 Å². The van der Waals surface area contributed by atoms with E-state index in [1.54, 1.807) is 0 Å². The van der Waals surface area contributed by atoms with Crippen molar-refractivity contribution in [1.29, 1.82) is 0 Å². The van der Waals surface area contributed by atoms with Crippen molar-refractivity contribution >= 4 is 16.0 Å². The molecule has 4 N–H and O–H groups in total.